The first-order chi connectivity index (χ1) is 19.7. The molecule has 6 heteroatoms. The molecule has 220 valence electrons. The lowest BCUT2D eigenvalue weighted by atomic mass is 9.80. The minimum atomic E-state index is -0.635. The monoisotopic (exact) mass is 556 g/mol. The molecule has 1 saturated carbocycles. The Hall–Kier alpha value is -2.70. The Kier molecular flexibility index (Phi) is 7.99. The molecule has 3 atom stereocenters. The zero-order valence-electron chi connectivity index (χ0n) is 25.4. The second kappa shape index (κ2) is 11.5. The van der Waals surface area contributed by atoms with Crippen molar-refractivity contribution in [2.24, 2.45) is 11.8 Å². The molecule has 1 aromatic carbocycles. The third kappa shape index (κ3) is 6.10. The van der Waals surface area contributed by atoms with Crippen molar-refractivity contribution >= 4 is 11.6 Å². The van der Waals surface area contributed by atoms with E-state index < -0.39 is 5.97 Å². The summed E-state index contributed by atoms with van der Waals surface area (Å²) in [6, 6.07) is 13.1. The molecule has 2 saturated heterocycles. The van der Waals surface area contributed by atoms with E-state index in [4.69, 9.17) is 4.98 Å². The zero-order valence-corrected chi connectivity index (χ0v) is 25.4. The Morgan fingerprint density at radius 1 is 1.07 bits per heavy atom. The van der Waals surface area contributed by atoms with E-state index in [1.165, 1.54) is 41.6 Å². The number of aromatic nitrogens is 2. The van der Waals surface area contributed by atoms with Crippen LogP contribution < -0.4 is 0 Å². The van der Waals surface area contributed by atoms with Crippen LogP contribution in [-0.4, -0.2) is 69.0 Å². The first-order valence-electron chi connectivity index (χ1n) is 15.9. The molecule has 3 fully saturated rings. The lowest BCUT2D eigenvalue weighted by Crippen LogP contribution is -2.43. The number of piperidine rings is 1. The molecule has 6 rings (SSSR count). The minimum absolute atomic E-state index is 0.118. The van der Waals surface area contributed by atoms with Gasteiger partial charge in [-0.3, -0.25) is 9.69 Å². The van der Waals surface area contributed by atoms with Gasteiger partial charge in [0, 0.05) is 49.6 Å². The molecule has 0 spiro atoms. The summed E-state index contributed by atoms with van der Waals surface area (Å²) in [4.78, 5) is 22.2. The predicted molar refractivity (Wildman–Crippen MR) is 165 cm³/mol. The van der Waals surface area contributed by atoms with Gasteiger partial charge in [-0.25, -0.2) is 4.98 Å². The van der Waals surface area contributed by atoms with Gasteiger partial charge in [-0.05, 0) is 79.8 Å². The summed E-state index contributed by atoms with van der Waals surface area (Å²) in [6.07, 6.45) is 11.0. The molecule has 3 unspecified atom stereocenters. The molecule has 3 aliphatic rings. The van der Waals surface area contributed by atoms with Gasteiger partial charge in [0.15, 0.2) is 0 Å². The van der Waals surface area contributed by atoms with E-state index in [-0.39, 0.29) is 11.5 Å². The van der Waals surface area contributed by atoms with Crippen molar-refractivity contribution in [2.75, 3.05) is 32.7 Å². The van der Waals surface area contributed by atoms with Crippen LogP contribution in [0, 0.1) is 18.8 Å². The van der Waals surface area contributed by atoms with Crippen molar-refractivity contribution in [1.29, 1.82) is 0 Å². The van der Waals surface area contributed by atoms with Gasteiger partial charge in [0.1, 0.15) is 11.7 Å². The van der Waals surface area contributed by atoms with Crippen molar-refractivity contribution in [2.45, 2.75) is 89.5 Å². The largest absolute Gasteiger partial charge is 0.480 e. The Bertz CT molecular complexity index is 1360. The Morgan fingerprint density at radius 2 is 1.85 bits per heavy atom. The molecule has 0 radical (unpaired) electrons. The standard InChI is InChI=1S/C35H48N4O2/c1-24-7-5-10-27(17-24)30-23-38(31(34(40)41)18-25-8-6-9-25)22-28(30)21-37-14-11-26(12-15-37)32-20-36-33-19-29(35(2,3)4)13-16-39(32)33/h5,7,10,13,16-17,19-20,25-26,28,30-31H,6,8-9,11-12,14-15,18,21-23H2,1-4H3,(H,40,41). The van der Waals surface area contributed by atoms with Gasteiger partial charge in [-0.2, -0.15) is 0 Å². The van der Waals surface area contributed by atoms with Gasteiger partial charge in [0.25, 0.3) is 0 Å². The highest BCUT2D eigenvalue weighted by atomic mass is 16.4. The fourth-order valence-corrected chi connectivity index (χ4v) is 7.58. The van der Waals surface area contributed by atoms with E-state index in [0.29, 0.717) is 23.7 Å². The number of benzene rings is 1. The molecular formula is C35H48N4O2. The maximum absolute atomic E-state index is 12.4. The third-order valence-corrected chi connectivity index (χ3v) is 10.4. The van der Waals surface area contributed by atoms with E-state index in [1.54, 1.807) is 0 Å². The van der Waals surface area contributed by atoms with Gasteiger partial charge >= 0.3 is 5.97 Å². The highest BCUT2D eigenvalue weighted by molar-refractivity contribution is 5.73. The summed E-state index contributed by atoms with van der Waals surface area (Å²) in [5.74, 6) is 1.30. The lowest BCUT2D eigenvalue weighted by molar-refractivity contribution is -0.144. The quantitative estimate of drug-likeness (QED) is 0.344. The average molecular weight is 557 g/mol. The molecule has 3 aromatic rings. The van der Waals surface area contributed by atoms with E-state index >= 15 is 0 Å². The van der Waals surface area contributed by atoms with E-state index in [0.717, 1.165) is 57.6 Å². The smallest absolute Gasteiger partial charge is 0.320 e. The number of imidazole rings is 1. The third-order valence-electron chi connectivity index (χ3n) is 10.4. The number of hydrogen-bond donors (Lipinski definition) is 1. The number of aliphatic carboxylic acids is 1. The summed E-state index contributed by atoms with van der Waals surface area (Å²) in [5.41, 5.74) is 6.49. The number of hydrogen-bond acceptors (Lipinski definition) is 4. The number of carbonyl (C=O) groups is 1. The van der Waals surface area contributed by atoms with Crippen molar-refractivity contribution in [1.82, 2.24) is 19.2 Å². The van der Waals surface area contributed by atoms with Crippen LogP contribution >= 0.6 is 0 Å². The number of nitrogens with zero attached hydrogens (tertiary/aromatic N) is 4. The van der Waals surface area contributed by atoms with Gasteiger partial charge in [-0.1, -0.05) is 69.9 Å². The van der Waals surface area contributed by atoms with Crippen LogP contribution in [0.5, 0.6) is 0 Å². The average Bonchev–Trinajstić information content (AvgIpc) is 3.52. The summed E-state index contributed by atoms with van der Waals surface area (Å²) >= 11 is 0. The van der Waals surface area contributed by atoms with Crippen LogP contribution in [0.1, 0.15) is 93.5 Å². The summed E-state index contributed by atoms with van der Waals surface area (Å²) in [5, 5.41) is 10.2. The molecule has 0 bridgehead atoms. The topological polar surface area (TPSA) is 61.1 Å². The number of pyridine rings is 1. The molecule has 41 heavy (non-hydrogen) atoms. The highest BCUT2D eigenvalue weighted by Gasteiger charge is 2.41. The van der Waals surface area contributed by atoms with Crippen molar-refractivity contribution < 1.29 is 9.90 Å². The van der Waals surface area contributed by atoms with Gasteiger partial charge < -0.3 is 14.4 Å². The van der Waals surface area contributed by atoms with Crippen LogP contribution in [0.4, 0.5) is 0 Å². The molecule has 0 amide bonds. The van der Waals surface area contributed by atoms with E-state index in [9.17, 15) is 9.90 Å². The van der Waals surface area contributed by atoms with Gasteiger partial charge in [-0.15, -0.1) is 0 Å². The molecule has 6 nitrogen and oxygen atoms in total. The van der Waals surface area contributed by atoms with Crippen molar-refractivity contribution in [3.8, 4) is 0 Å². The second-order valence-electron chi connectivity index (χ2n) is 14.3. The zero-order chi connectivity index (χ0) is 28.7. The minimum Gasteiger partial charge on any atom is -0.480 e. The molecule has 1 N–H and O–H groups in total. The summed E-state index contributed by atoms with van der Waals surface area (Å²) in [7, 11) is 0. The normalized spacial score (nSPS) is 24.1. The van der Waals surface area contributed by atoms with Crippen LogP contribution in [0.2, 0.25) is 0 Å². The van der Waals surface area contributed by atoms with Crippen LogP contribution in [0.3, 0.4) is 0 Å². The van der Waals surface area contributed by atoms with Gasteiger partial charge in [0.2, 0.25) is 0 Å². The number of aryl methyl sites for hydroxylation is 1. The van der Waals surface area contributed by atoms with Gasteiger partial charge in [0.05, 0.1) is 0 Å². The number of carboxylic acids is 1. The number of carboxylic acid groups (broad SMARTS) is 1. The maximum atomic E-state index is 12.4. The van der Waals surface area contributed by atoms with Crippen LogP contribution in [0.25, 0.3) is 5.65 Å². The molecule has 2 aromatic heterocycles. The first-order valence-corrected chi connectivity index (χ1v) is 15.9. The van der Waals surface area contributed by atoms with Crippen LogP contribution in [0.15, 0.2) is 48.8 Å². The molecule has 1 aliphatic carbocycles. The predicted octanol–water partition coefficient (Wildman–Crippen LogP) is 6.48. The van der Waals surface area contributed by atoms with Crippen LogP contribution in [-0.2, 0) is 10.2 Å². The molecule has 4 heterocycles. The summed E-state index contributed by atoms with van der Waals surface area (Å²) in [6.45, 7) is 13.9. The Labute approximate surface area is 245 Å². The number of likely N-dealkylation sites (tertiary alicyclic amines) is 2. The Morgan fingerprint density at radius 3 is 2.51 bits per heavy atom. The SMILES string of the molecule is Cc1cccc(C2CN(C(CC3CCC3)C(=O)O)CC2CN2CCC(c3cnc4cc(C(C)(C)C)ccn34)CC2)c1. The lowest BCUT2D eigenvalue weighted by Gasteiger charge is -2.35. The van der Waals surface area contributed by atoms with Crippen molar-refractivity contribution in [3.05, 3.63) is 71.2 Å². The number of rotatable bonds is 8. The fraction of sp³-hybridized carbons (Fsp3) is 0.600. The maximum Gasteiger partial charge on any atom is 0.320 e. The van der Waals surface area contributed by atoms with E-state index in [1.807, 2.05) is 0 Å². The highest BCUT2D eigenvalue weighted by Crippen LogP contribution is 2.39. The number of fused-ring (bicyclic) bond motifs is 1. The summed E-state index contributed by atoms with van der Waals surface area (Å²) < 4.78 is 2.30. The molecule has 2 aliphatic heterocycles. The Balaban J connectivity index is 1.14. The van der Waals surface area contributed by atoms with Crippen molar-refractivity contribution in [3.63, 3.8) is 0 Å². The second-order valence-corrected chi connectivity index (χ2v) is 14.3. The first kappa shape index (κ1) is 28.4. The fourth-order valence-electron chi connectivity index (χ4n) is 7.58. The molecular weight excluding hydrogens is 508 g/mol. The van der Waals surface area contributed by atoms with E-state index in [2.05, 4.69) is 90.7 Å².